The summed E-state index contributed by atoms with van der Waals surface area (Å²) in [4.78, 5) is 10.3. The Morgan fingerprint density at radius 3 is 2.81 bits per heavy atom. The molecule has 0 saturated heterocycles. The molecule has 1 unspecified atom stereocenters. The predicted molar refractivity (Wildman–Crippen MR) is 62.7 cm³/mol. The van der Waals surface area contributed by atoms with Gasteiger partial charge >= 0.3 is 0 Å². The molecule has 88 valence electrons. The highest BCUT2D eigenvalue weighted by Gasteiger charge is 2.15. The Bertz CT molecular complexity index is 381. The summed E-state index contributed by atoms with van der Waals surface area (Å²) in [6, 6.07) is 4.99. The first kappa shape index (κ1) is 12.9. The van der Waals surface area contributed by atoms with E-state index in [1.807, 2.05) is 0 Å². The highest BCUT2D eigenvalue weighted by atomic mass is 35.5. The molecule has 0 aliphatic rings. The molecule has 0 fully saturated rings. The van der Waals surface area contributed by atoms with E-state index in [9.17, 15) is 10.1 Å². The maximum atomic E-state index is 10.7. The van der Waals surface area contributed by atoms with Crippen molar-refractivity contribution in [2.75, 3.05) is 6.61 Å². The molecule has 0 saturated carbocycles. The molecule has 0 spiro atoms. The predicted octanol–water partition coefficient (Wildman–Crippen LogP) is 2.96. The van der Waals surface area contributed by atoms with E-state index >= 15 is 0 Å². The zero-order valence-electron chi connectivity index (χ0n) is 9.02. The van der Waals surface area contributed by atoms with Gasteiger partial charge in [0.1, 0.15) is 0 Å². The number of nitrogens with zero attached hydrogens (tertiary/aromatic N) is 1. The van der Waals surface area contributed by atoms with Crippen molar-refractivity contribution in [2.45, 2.75) is 25.1 Å². The van der Waals surface area contributed by atoms with Crippen molar-refractivity contribution in [2.24, 2.45) is 0 Å². The van der Waals surface area contributed by atoms with E-state index in [0.717, 1.165) is 5.56 Å². The number of halogens is 1. The first-order valence-electron chi connectivity index (χ1n) is 5.06. The van der Waals surface area contributed by atoms with Crippen LogP contribution in [0.2, 0.25) is 0 Å². The van der Waals surface area contributed by atoms with Crippen LogP contribution in [0.5, 0.6) is 0 Å². The van der Waals surface area contributed by atoms with Crippen molar-refractivity contribution in [3.8, 4) is 0 Å². The number of nitro groups is 1. The molecule has 16 heavy (non-hydrogen) atoms. The minimum absolute atomic E-state index is 0.0805. The number of aryl methyl sites for hydroxylation is 1. The second-order valence-corrected chi connectivity index (χ2v) is 4.16. The number of alkyl halides is 1. The minimum atomic E-state index is -0.408. The quantitative estimate of drug-likeness (QED) is 0.491. The van der Waals surface area contributed by atoms with Crippen LogP contribution in [-0.2, 0) is 0 Å². The average Bonchev–Trinajstić information content (AvgIpc) is 2.26. The Morgan fingerprint density at radius 1 is 1.56 bits per heavy atom. The molecule has 0 amide bonds. The third-order valence-electron chi connectivity index (χ3n) is 2.41. The van der Waals surface area contributed by atoms with Crippen molar-refractivity contribution < 1.29 is 10.0 Å². The summed E-state index contributed by atoms with van der Waals surface area (Å²) in [6.45, 7) is 1.77. The van der Waals surface area contributed by atoms with Gasteiger partial charge in [-0.1, -0.05) is 12.1 Å². The molecule has 1 atom stereocenters. The van der Waals surface area contributed by atoms with Crippen LogP contribution < -0.4 is 0 Å². The smallest absolute Gasteiger partial charge is 0.272 e. The summed E-state index contributed by atoms with van der Waals surface area (Å²) in [7, 11) is 0. The SMILES string of the molecule is Cc1ccc(C(Cl)CCCO)cc1[N+](=O)[O-]. The molecule has 0 aromatic heterocycles. The third-order valence-corrected chi connectivity index (χ3v) is 2.88. The summed E-state index contributed by atoms with van der Waals surface area (Å²) in [5.41, 5.74) is 1.44. The van der Waals surface area contributed by atoms with E-state index in [4.69, 9.17) is 16.7 Å². The molecule has 0 aliphatic heterocycles. The maximum Gasteiger partial charge on any atom is 0.272 e. The van der Waals surface area contributed by atoms with Gasteiger partial charge in [-0.15, -0.1) is 11.6 Å². The van der Waals surface area contributed by atoms with Gasteiger partial charge in [-0.3, -0.25) is 10.1 Å². The lowest BCUT2D eigenvalue weighted by molar-refractivity contribution is -0.385. The van der Waals surface area contributed by atoms with Gasteiger partial charge in [0.05, 0.1) is 10.3 Å². The van der Waals surface area contributed by atoms with Gasteiger partial charge in [0.2, 0.25) is 0 Å². The van der Waals surface area contributed by atoms with Crippen molar-refractivity contribution in [3.63, 3.8) is 0 Å². The zero-order chi connectivity index (χ0) is 12.1. The lowest BCUT2D eigenvalue weighted by atomic mass is 10.0. The van der Waals surface area contributed by atoms with E-state index < -0.39 is 4.92 Å². The normalized spacial score (nSPS) is 12.4. The standard InChI is InChI=1S/C11H14ClNO3/c1-8-4-5-9(7-11(8)13(15)16)10(12)3-2-6-14/h4-5,7,10,14H,2-3,6H2,1H3. The number of nitro benzene ring substituents is 1. The van der Waals surface area contributed by atoms with Crippen molar-refractivity contribution in [1.29, 1.82) is 0 Å². The fourth-order valence-electron chi connectivity index (χ4n) is 1.46. The van der Waals surface area contributed by atoms with Gasteiger partial charge in [-0.05, 0) is 25.3 Å². The van der Waals surface area contributed by atoms with Gasteiger partial charge in [0, 0.05) is 18.2 Å². The van der Waals surface area contributed by atoms with Gasteiger partial charge in [-0.25, -0.2) is 0 Å². The lowest BCUT2D eigenvalue weighted by Crippen LogP contribution is -1.97. The Morgan fingerprint density at radius 2 is 2.25 bits per heavy atom. The van der Waals surface area contributed by atoms with E-state index in [1.165, 1.54) is 6.07 Å². The number of benzene rings is 1. The number of aliphatic hydroxyl groups is 1. The van der Waals surface area contributed by atoms with Gasteiger partial charge in [0.15, 0.2) is 0 Å². The monoisotopic (exact) mass is 243 g/mol. The fourth-order valence-corrected chi connectivity index (χ4v) is 1.75. The fraction of sp³-hybridized carbons (Fsp3) is 0.455. The van der Waals surface area contributed by atoms with Crippen molar-refractivity contribution >= 4 is 17.3 Å². The average molecular weight is 244 g/mol. The lowest BCUT2D eigenvalue weighted by Gasteiger charge is -2.09. The molecule has 4 nitrogen and oxygen atoms in total. The van der Waals surface area contributed by atoms with E-state index in [1.54, 1.807) is 19.1 Å². The highest BCUT2D eigenvalue weighted by Crippen LogP contribution is 2.29. The molecule has 0 heterocycles. The number of hydrogen-bond donors (Lipinski definition) is 1. The van der Waals surface area contributed by atoms with E-state index in [-0.39, 0.29) is 17.7 Å². The Labute approximate surface area is 99.0 Å². The molecule has 1 N–H and O–H groups in total. The topological polar surface area (TPSA) is 63.4 Å². The van der Waals surface area contributed by atoms with Crippen LogP contribution in [0.4, 0.5) is 5.69 Å². The first-order valence-corrected chi connectivity index (χ1v) is 5.49. The molecule has 1 rings (SSSR count). The van der Waals surface area contributed by atoms with Crippen LogP contribution in [0.25, 0.3) is 0 Å². The maximum absolute atomic E-state index is 10.7. The molecular formula is C11H14ClNO3. The second kappa shape index (κ2) is 5.82. The van der Waals surface area contributed by atoms with Gasteiger partial charge < -0.3 is 5.11 Å². The van der Waals surface area contributed by atoms with Crippen LogP contribution in [0.1, 0.15) is 29.3 Å². The van der Waals surface area contributed by atoms with Gasteiger partial charge in [-0.2, -0.15) is 0 Å². The molecule has 1 aromatic rings. The first-order chi connectivity index (χ1) is 7.56. The largest absolute Gasteiger partial charge is 0.396 e. The summed E-state index contributed by atoms with van der Waals surface area (Å²) in [5, 5.41) is 19.1. The second-order valence-electron chi connectivity index (χ2n) is 3.64. The van der Waals surface area contributed by atoms with Crippen LogP contribution >= 0.6 is 11.6 Å². The Balaban J connectivity index is 2.89. The molecule has 0 aliphatic carbocycles. The third kappa shape index (κ3) is 3.18. The number of rotatable bonds is 5. The van der Waals surface area contributed by atoms with Crippen molar-refractivity contribution in [3.05, 3.63) is 39.4 Å². The summed E-state index contributed by atoms with van der Waals surface area (Å²) in [5.74, 6) is 0. The molecule has 0 bridgehead atoms. The zero-order valence-corrected chi connectivity index (χ0v) is 9.78. The highest BCUT2D eigenvalue weighted by molar-refractivity contribution is 6.20. The van der Waals surface area contributed by atoms with E-state index in [2.05, 4.69) is 0 Å². The van der Waals surface area contributed by atoms with Crippen LogP contribution in [-0.4, -0.2) is 16.6 Å². The van der Waals surface area contributed by atoms with Gasteiger partial charge in [0.25, 0.3) is 5.69 Å². The summed E-state index contributed by atoms with van der Waals surface area (Å²) in [6.07, 6.45) is 1.20. The number of aliphatic hydroxyl groups excluding tert-OH is 1. The van der Waals surface area contributed by atoms with E-state index in [0.29, 0.717) is 18.4 Å². The molecule has 1 aromatic carbocycles. The van der Waals surface area contributed by atoms with Crippen LogP contribution in [0.3, 0.4) is 0 Å². The summed E-state index contributed by atoms with van der Waals surface area (Å²) < 4.78 is 0. The Kier molecular flexibility index (Phi) is 4.71. The molecule has 0 radical (unpaired) electrons. The van der Waals surface area contributed by atoms with Crippen LogP contribution in [0.15, 0.2) is 18.2 Å². The Hall–Kier alpha value is -1.13. The van der Waals surface area contributed by atoms with Crippen LogP contribution in [0, 0.1) is 17.0 Å². The molecular weight excluding hydrogens is 230 g/mol. The van der Waals surface area contributed by atoms with Crippen molar-refractivity contribution in [1.82, 2.24) is 0 Å². The number of hydrogen-bond acceptors (Lipinski definition) is 3. The molecule has 5 heteroatoms. The minimum Gasteiger partial charge on any atom is -0.396 e. The summed E-state index contributed by atoms with van der Waals surface area (Å²) >= 11 is 6.08.